The van der Waals surface area contributed by atoms with E-state index < -0.39 is 11.7 Å². The van der Waals surface area contributed by atoms with Crippen molar-refractivity contribution in [3.8, 4) is 11.5 Å². The SMILES string of the molecule is CC(=O)NCCNC(=O)c1cccc(O)c1O. The molecule has 0 aliphatic heterocycles. The molecule has 17 heavy (non-hydrogen) atoms. The van der Waals surface area contributed by atoms with Crippen molar-refractivity contribution in [2.45, 2.75) is 6.92 Å². The van der Waals surface area contributed by atoms with Crippen LogP contribution < -0.4 is 10.6 Å². The molecule has 0 unspecified atom stereocenters. The van der Waals surface area contributed by atoms with Crippen LogP contribution in [-0.4, -0.2) is 35.1 Å². The van der Waals surface area contributed by atoms with Gasteiger partial charge in [0.1, 0.15) is 0 Å². The molecular weight excluding hydrogens is 224 g/mol. The highest BCUT2D eigenvalue weighted by atomic mass is 16.3. The molecule has 0 atom stereocenters. The van der Waals surface area contributed by atoms with Gasteiger partial charge >= 0.3 is 0 Å². The number of aromatic hydroxyl groups is 2. The van der Waals surface area contributed by atoms with Crippen molar-refractivity contribution in [2.24, 2.45) is 0 Å². The fraction of sp³-hybridized carbons (Fsp3) is 0.273. The molecule has 1 aromatic carbocycles. The number of phenolic OH excluding ortho intramolecular Hbond substituents is 2. The number of para-hydroxylation sites is 1. The highest BCUT2D eigenvalue weighted by molar-refractivity contribution is 5.97. The normalized spacial score (nSPS) is 9.71. The van der Waals surface area contributed by atoms with Gasteiger partial charge in [-0.3, -0.25) is 9.59 Å². The molecule has 0 radical (unpaired) electrons. The van der Waals surface area contributed by atoms with Crippen LogP contribution in [0, 0.1) is 0 Å². The Morgan fingerprint density at radius 1 is 1.18 bits per heavy atom. The number of carbonyl (C=O) groups is 2. The Kier molecular flexibility index (Phi) is 4.33. The summed E-state index contributed by atoms with van der Waals surface area (Å²) in [5.74, 6) is -1.49. The number of benzene rings is 1. The van der Waals surface area contributed by atoms with Gasteiger partial charge in [-0.05, 0) is 12.1 Å². The minimum atomic E-state index is -0.510. The van der Waals surface area contributed by atoms with Crippen LogP contribution in [0.3, 0.4) is 0 Å². The van der Waals surface area contributed by atoms with Gasteiger partial charge in [0, 0.05) is 20.0 Å². The second-order valence-corrected chi connectivity index (χ2v) is 3.41. The number of hydrogen-bond acceptors (Lipinski definition) is 4. The number of phenols is 2. The van der Waals surface area contributed by atoms with Crippen LogP contribution in [0.5, 0.6) is 11.5 Å². The van der Waals surface area contributed by atoms with Crippen LogP contribution >= 0.6 is 0 Å². The topological polar surface area (TPSA) is 98.7 Å². The highest BCUT2D eigenvalue weighted by Gasteiger charge is 2.12. The summed E-state index contributed by atoms with van der Waals surface area (Å²) >= 11 is 0. The minimum absolute atomic E-state index is 0.00664. The lowest BCUT2D eigenvalue weighted by molar-refractivity contribution is -0.118. The summed E-state index contributed by atoms with van der Waals surface area (Å²) in [7, 11) is 0. The van der Waals surface area contributed by atoms with E-state index in [-0.39, 0.29) is 23.8 Å². The highest BCUT2D eigenvalue weighted by Crippen LogP contribution is 2.27. The average molecular weight is 238 g/mol. The number of nitrogens with one attached hydrogen (secondary N) is 2. The number of carbonyl (C=O) groups excluding carboxylic acids is 2. The molecule has 92 valence electrons. The van der Waals surface area contributed by atoms with E-state index in [4.69, 9.17) is 0 Å². The smallest absolute Gasteiger partial charge is 0.255 e. The van der Waals surface area contributed by atoms with Crippen molar-refractivity contribution in [2.75, 3.05) is 13.1 Å². The summed E-state index contributed by atoms with van der Waals surface area (Å²) in [5, 5.41) is 23.6. The summed E-state index contributed by atoms with van der Waals surface area (Å²) in [4.78, 5) is 22.1. The molecule has 0 fully saturated rings. The predicted molar refractivity (Wildman–Crippen MR) is 60.8 cm³/mol. The molecule has 0 saturated heterocycles. The van der Waals surface area contributed by atoms with Crippen LogP contribution in [0.15, 0.2) is 18.2 Å². The first-order chi connectivity index (χ1) is 8.02. The maximum Gasteiger partial charge on any atom is 0.255 e. The third-order valence-corrected chi connectivity index (χ3v) is 2.04. The van der Waals surface area contributed by atoms with Gasteiger partial charge in [-0.1, -0.05) is 6.07 Å². The summed E-state index contributed by atoms with van der Waals surface area (Å²) < 4.78 is 0. The standard InChI is InChI=1S/C11H14N2O4/c1-7(14)12-5-6-13-11(17)8-3-2-4-9(15)10(8)16/h2-4,15-16H,5-6H2,1H3,(H,12,14)(H,13,17). The summed E-state index contributed by atoms with van der Waals surface area (Å²) in [6, 6.07) is 4.13. The van der Waals surface area contributed by atoms with Gasteiger partial charge in [-0.15, -0.1) is 0 Å². The monoisotopic (exact) mass is 238 g/mol. The first-order valence-electron chi connectivity index (χ1n) is 5.06. The molecule has 6 heteroatoms. The van der Waals surface area contributed by atoms with Crippen LogP contribution in [0.4, 0.5) is 0 Å². The van der Waals surface area contributed by atoms with Crippen molar-refractivity contribution in [1.82, 2.24) is 10.6 Å². The third-order valence-electron chi connectivity index (χ3n) is 2.04. The first kappa shape index (κ1) is 12.8. The molecule has 0 heterocycles. The lowest BCUT2D eigenvalue weighted by atomic mass is 10.1. The molecular formula is C11H14N2O4. The molecule has 0 aliphatic carbocycles. The Balaban J connectivity index is 2.53. The Morgan fingerprint density at radius 2 is 1.82 bits per heavy atom. The molecule has 0 aliphatic rings. The van der Waals surface area contributed by atoms with E-state index in [1.165, 1.54) is 25.1 Å². The van der Waals surface area contributed by atoms with E-state index in [2.05, 4.69) is 10.6 Å². The van der Waals surface area contributed by atoms with Crippen molar-refractivity contribution in [3.63, 3.8) is 0 Å². The molecule has 0 saturated carbocycles. The van der Waals surface area contributed by atoms with Gasteiger partial charge in [0.05, 0.1) is 5.56 Å². The molecule has 1 aromatic rings. The quantitative estimate of drug-likeness (QED) is 0.437. The van der Waals surface area contributed by atoms with Gasteiger partial charge in [0.2, 0.25) is 5.91 Å². The first-order valence-corrected chi connectivity index (χ1v) is 5.06. The molecule has 0 aromatic heterocycles. The number of amides is 2. The van der Waals surface area contributed by atoms with Crippen LogP contribution in [0.2, 0.25) is 0 Å². The Bertz CT molecular complexity index is 431. The molecule has 4 N–H and O–H groups in total. The van der Waals surface area contributed by atoms with E-state index in [0.29, 0.717) is 6.54 Å². The van der Waals surface area contributed by atoms with Gasteiger partial charge in [-0.2, -0.15) is 0 Å². The van der Waals surface area contributed by atoms with E-state index in [1.807, 2.05) is 0 Å². The summed E-state index contributed by atoms with van der Waals surface area (Å²) in [6.07, 6.45) is 0. The average Bonchev–Trinajstić information content (AvgIpc) is 2.27. The molecule has 0 bridgehead atoms. The van der Waals surface area contributed by atoms with E-state index >= 15 is 0 Å². The van der Waals surface area contributed by atoms with Crippen LogP contribution in [0.1, 0.15) is 17.3 Å². The van der Waals surface area contributed by atoms with Crippen molar-refractivity contribution >= 4 is 11.8 Å². The fourth-order valence-corrected chi connectivity index (χ4v) is 1.22. The molecule has 0 spiro atoms. The van der Waals surface area contributed by atoms with Crippen LogP contribution in [0.25, 0.3) is 0 Å². The molecule has 2 amide bonds. The van der Waals surface area contributed by atoms with Gasteiger partial charge in [0.25, 0.3) is 5.91 Å². The largest absolute Gasteiger partial charge is 0.504 e. The van der Waals surface area contributed by atoms with E-state index in [9.17, 15) is 19.8 Å². The minimum Gasteiger partial charge on any atom is -0.504 e. The summed E-state index contributed by atoms with van der Waals surface area (Å²) in [6.45, 7) is 1.93. The maximum atomic E-state index is 11.6. The maximum absolute atomic E-state index is 11.6. The lowest BCUT2D eigenvalue weighted by Crippen LogP contribution is -2.33. The van der Waals surface area contributed by atoms with Crippen molar-refractivity contribution in [3.05, 3.63) is 23.8 Å². The second kappa shape index (κ2) is 5.74. The van der Waals surface area contributed by atoms with Crippen molar-refractivity contribution < 1.29 is 19.8 Å². The lowest BCUT2D eigenvalue weighted by Gasteiger charge is -2.07. The molecule has 6 nitrogen and oxygen atoms in total. The number of rotatable bonds is 4. The number of hydrogen-bond donors (Lipinski definition) is 4. The Morgan fingerprint density at radius 3 is 2.47 bits per heavy atom. The zero-order chi connectivity index (χ0) is 12.8. The zero-order valence-electron chi connectivity index (χ0n) is 9.36. The Labute approximate surface area is 98.3 Å². The molecule has 1 rings (SSSR count). The van der Waals surface area contributed by atoms with Crippen molar-refractivity contribution in [1.29, 1.82) is 0 Å². The van der Waals surface area contributed by atoms with Crippen LogP contribution in [-0.2, 0) is 4.79 Å². The van der Waals surface area contributed by atoms with Gasteiger partial charge in [-0.25, -0.2) is 0 Å². The fourth-order valence-electron chi connectivity index (χ4n) is 1.22. The third kappa shape index (κ3) is 3.67. The van der Waals surface area contributed by atoms with Gasteiger partial charge < -0.3 is 20.8 Å². The zero-order valence-corrected chi connectivity index (χ0v) is 9.36. The Hall–Kier alpha value is -2.24. The predicted octanol–water partition coefficient (Wildman–Crippen LogP) is -0.0363. The van der Waals surface area contributed by atoms with Gasteiger partial charge in [0.15, 0.2) is 11.5 Å². The second-order valence-electron chi connectivity index (χ2n) is 3.41. The summed E-state index contributed by atoms with van der Waals surface area (Å²) in [5.41, 5.74) is -0.00664. The van der Waals surface area contributed by atoms with E-state index in [0.717, 1.165) is 0 Å². The van der Waals surface area contributed by atoms with E-state index in [1.54, 1.807) is 0 Å².